The number of nitrogens with zero attached hydrogens (tertiary/aromatic N) is 1. The van der Waals surface area contributed by atoms with E-state index >= 15 is 0 Å². The minimum absolute atomic E-state index is 0. The predicted octanol–water partition coefficient (Wildman–Crippen LogP) is 2.54. The predicted molar refractivity (Wildman–Crippen MR) is 126 cm³/mol. The number of ether oxygens (including phenoxy) is 1. The van der Waals surface area contributed by atoms with E-state index in [4.69, 9.17) is 4.74 Å². The topological polar surface area (TPSA) is 91.8 Å². The Labute approximate surface area is 187 Å². The first-order chi connectivity index (χ1) is 13.1. The Morgan fingerprint density at radius 2 is 2.11 bits per heavy atom. The highest BCUT2D eigenvalue weighted by Crippen LogP contribution is 2.19. The number of aliphatic imine (C=N–C) groups is 1. The smallest absolute Gasteiger partial charge is 0.213 e. The average molecular weight is 529 g/mol. The van der Waals surface area contributed by atoms with E-state index < -0.39 is 10.0 Å². The van der Waals surface area contributed by atoms with Gasteiger partial charge in [0.05, 0.1) is 18.4 Å². The molecule has 1 heterocycles. The fourth-order valence-corrected chi connectivity index (χ4v) is 4.27. The number of rotatable bonds is 10. The maximum absolute atomic E-state index is 12.1. The molecule has 3 N–H and O–H groups in total. The first-order valence-electron chi connectivity index (χ1n) is 10.4. The highest BCUT2D eigenvalue weighted by molar-refractivity contribution is 14.0. The standard InChI is InChI=1S/C19H36N4O3S.HI/c1-2-20-19(21-12-11-17-8-4-3-5-9-17)22-13-15-27(24,25)23-16-18-10-6-7-14-26-18;/h8,18,23H,2-7,9-16H2,1H3,(H2,20,21,22);1H. The summed E-state index contributed by atoms with van der Waals surface area (Å²) in [7, 11) is -3.33. The third kappa shape index (κ3) is 11.0. The van der Waals surface area contributed by atoms with Gasteiger partial charge in [-0.2, -0.15) is 0 Å². The summed E-state index contributed by atoms with van der Waals surface area (Å²) in [4.78, 5) is 4.40. The molecule has 2 aliphatic rings. The lowest BCUT2D eigenvalue weighted by Crippen LogP contribution is -2.39. The first-order valence-corrected chi connectivity index (χ1v) is 12.0. The molecule has 0 aromatic carbocycles. The molecule has 28 heavy (non-hydrogen) atoms. The van der Waals surface area contributed by atoms with Crippen molar-refractivity contribution in [2.75, 3.05) is 38.5 Å². The van der Waals surface area contributed by atoms with Gasteiger partial charge in [0.2, 0.25) is 10.0 Å². The van der Waals surface area contributed by atoms with Crippen LogP contribution in [0.15, 0.2) is 16.6 Å². The summed E-state index contributed by atoms with van der Waals surface area (Å²) in [6, 6.07) is 0. The van der Waals surface area contributed by atoms with Crippen LogP contribution in [0, 0.1) is 0 Å². The fourth-order valence-electron chi connectivity index (χ4n) is 3.35. The number of guanidine groups is 1. The zero-order valence-corrected chi connectivity index (χ0v) is 20.2. The summed E-state index contributed by atoms with van der Waals surface area (Å²) in [6.07, 6.45) is 11.4. The molecule has 1 saturated heterocycles. The lowest BCUT2D eigenvalue weighted by Gasteiger charge is -2.22. The van der Waals surface area contributed by atoms with Crippen LogP contribution in [0.5, 0.6) is 0 Å². The second-order valence-electron chi connectivity index (χ2n) is 7.20. The minimum Gasteiger partial charge on any atom is -0.377 e. The summed E-state index contributed by atoms with van der Waals surface area (Å²) in [5.41, 5.74) is 1.52. The van der Waals surface area contributed by atoms with E-state index in [9.17, 15) is 8.42 Å². The number of hydrogen-bond acceptors (Lipinski definition) is 4. The van der Waals surface area contributed by atoms with Crippen LogP contribution in [-0.2, 0) is 14.8 Å². The molecule has 0 saturated carbocycles. The Morgan fingerprint density at radius 1 is 1.25 bits per heavy atom. The van der Waals surface area contributed by atoms with Crippen molar-refractivity contribution < 1.29 is 13.2 Å². The van der Waals surface area contributed by atoms with Gasteiger partial charge in [0.1, 0.15) is 0 Å². The van der Waals surface area contributed by atoms with Crippen molar-refractivity contribution in [1.29, 1.82) is 0 Å². The summed E-state index contributed by atoms with van der Waals surface area (Å²) < 4.78 is 32.5. The van der Waals surface area contributed by atoms with Gasteiger partial charge in [-0.15, -0.1) is 24.0 Å². The van der Waals surface area contributed by atoms with Gasteiger partial charge in [-0.1, -0.05) is 11.6 Å². The Hall–Kier alpha value is -0.390. The molecule has 1 atom stereocenters. The van der Waals surface area contributed by atoms with E-state index in [-0.39, 0.29) is 42.4 Å². The van der Waals surface area contributed by atoms with Gasteiger partial charge < -0.3 is 15.4 Å². The van der Waals surface area contributed by atoms with Gasteiger partial charge in [-0.25, -0.2) is 13.1 Å². The summed E-state index contributed by atoms with van der Waals surface area (Å²) in [5, 5.41) is 6.48. The van der Waals surface area contributed by atoms with Gasteiger partial charge in [-0.3, -0.25) is 4.99 Å². The molecule has 1 aliphatic heterocycles. The molecule has 0 aromatic rings. The number of halogens is 1. The lowest BCUT2D eigenvalue weighted by molar-refractivity contribution is 0.0200. The molecule has 1 unspecified atom stereocenters. The Balaban J connectivity index is 0.00000392. The Morgan fingerprint density at radius 3 is 2.79 bits per heavy atom. The van der Waals surface area contributed by atoms with Crippen LogP contribution in [0.25, 0.3) is 0 Å². The SMILES string of the molecule is CCNC(=NCCS(=O)(=O)NCC1CCCCO1)NCCC1=CCCCC1.I. The molecule has 7 nitrogen and oxygen atoms in total. The summed E-state index contributed by atoms with van der Waals surface area (Å²) >= 11 is 0. The third-order valence-corrected chi connectivity index (χ3v) is 6.23. The minimum atomic E-state index is -3.33. The molecule has 2 rings (SSSR count). The molecular weight excluding hydrogens is 491 g/mol. The number of sulfonamides is 1. The Bertz CT molecular complexity index is 590. The van der Waals surface area contributed by atoms with Gasteiger partial charge in [0.25, 0.3) is 0 Å². The number of nitrogens with one attached hydrogen (secondary N) is 3. The molecule has 164 valence electrons. The maximum atomic E-state index is 12.1. The van der Waals surface area contributed by atoms with Crippen LogP contribution in [0.3, 0.4) is 0 Å². The van der Waals surface area contributed by atoms with Crippen LogP contribution in [-0.4, -0.2) is 59.0 Å². The molecule has 1 fully saturated rings. The molecule has 0 radical (unpaired) electrons. The van der Waals surface area contributed by atoms with E-state index in [2.05, 4.69) is 26.4 Å². The average Bonchev–Trinajstić information content (AvgIpc) is 2.68. The molecule has 0 amide bonds. The summed E-state index contributed by atoms with van der Waals surface area (Å²) in [6.45, 7) is 4.90. The van der Waals surface area contributed by atoms with Crippen LogP contribution < -0.4 is 15.4 Å². The van der Waals surface area contributed by atoms with E-state index in [1.807, 2.05) is 6.92 Å². The zero-order chi connectivity index (χ0) is 19.4. The second kappa shape index (κ2) is 14.6. The van der Waals surface area contributed by atoms with Crippen molar-refractivity contribution in [3.8, 4) is 0 Å². The van der Waals surface area contributed by atoms with Crippen molar-refractivity contribution in [2.24, 2.45) is 4.99 Å². The highest BCUT2D eigenvalue weighted by Gasteiger charge is 2.17. The molecular formula is C19H37IN4O3S. The molecule has 1 aliphatic carbocycles. The van der Waals surface area contributed by atoms with Crippen LogP contribution >= 0.6 is 24.0 Å². The first kappa shape index (κ1) is 25.6. The van der Waals surface area contributed by atoms with Gasteiger partial charge in [0.15, 0.2) is 5.96 Å². The van der Waals surface area contributed by atoms with Crippen molar-refractivity contribution >= 4 is 40.0 Å². The molecule has 0 spiro atoms. The summed E-state index contributed by atoms with van der Waals surface area (Å²) in [5.74, 6) is 0.668. The van der Waals surface area contributed by atoms with Crippen molar-refractivity contribution in [3.05, 3.63) is 11.6 Å². The van der Waals surface area contributed by atoms with Crippen molar-refractivity contribution in [1.82, 2.24) is 15.4 Å². The fraction of sp³-hybridized carbons (Fsp3) is 0.842. The highest BCUT2D eigenvalue weighted by atomic mass is 127. The molecule has 0 bridgehead atoms. The number of hydrogen-bond donors (Lipinski definition) is 3. The van der Waals surface area contributed by atoms with Crippen LogP contribution in [0.2, 0.25) is 0 Å². The quantitative estimate of drug-likeness (QED) is 0.176. The zero-order valence-electron chi connectivity index (χ0n) is 17.0. The van der Waals surface area contributed by atoms with Gasteiger partial charge >= 0.3 is 0 Å². The van der Waals surface area contributed by atoms with Gasteiger partial charge in [-0.05, 0) is 58.3 Å². The molecule has 9 heteroatoms. The second-order valence-corrected chi connectivity index (χ2v) is 9.13. The van der Waals surface area contributed by atoms with E-state index in [0.29, 0.717) is 12.5 Å². The number of allylic oxidation sites excluding steroid dienone is 1. The van der Waals surface area contributed by atoms with Crippen molar-refractivity contribution in [2.45, 2.75) is 64.4 Å². The molecule has 0 aromatic heterocycles. The normalized spacial score (nSPS) is 20.8. The van der Waals surface area contributed by atoms with E-state index in [1.54, 1.807) is 0 Å². The third-order valence-electron chi connectivity index (χ3n) is 4.90. The Kier molecular flexibility index (Phi) is 13.3. The lowest BCUT2D eigenvalue weighted by atomic mass is 9.97. The van der Waals surface area contributed by atoms with Crippen LogP contribution in [0.1, 0.15) is 58.3 Å². The van der Waals surface area contributed by atoms with E-state index in [0.717, 1.165) is 45.4 Å². The monoisotopic (exact) mass is 528 g/mol. The van der Waals surface area contributed by atoms with E-state index in [1.165, 1.54) is 31.3 Å². The van der Waals surface area contributed by atoms with Crippen LogP contribution in [0.4, 0.5) is 0 Å². The largest absolute Gasteiger partial charge is 0.377 e. The van der Waals surface area contributed by atoms with Gasteiger partial charge in [0, 0.05) is 26.2 Å². The van der Waals surface area contributed by atoms with Crippen molar-refractivity contribution in [3.63, 3.8) is 0 Å². The maximum Gasteiger partial charge on any atom is 0.213 e.